The molecular formula is C20H25NO3S. The van der Waals surface area contributed by atoms with Crippen molar-refractivity contribution >= 4 is 10.0 Å². The second-order valence-electron chi connectivity index (χ2n) is 6.58. The Balaban J connectivity index is 1.59. The molecule has 0 bridgehead atoms. The number of aryl methyl sites for hydroxylation is 3. The van der Waals surface area contributed by atoms with E-state index >= 15 is 0 Å². The van der Waals surface area contributed by atoms with Crippen LogP contribution in [0.1, 0.15) is 35.1 Å². The van der Waals surface area contributed by atoms with Crippen molar-refractivity contribution in [2.45, 2.75) is 44.4 Å². The van der Waals surface area contributed by atoms with Gasteiger partial charge in [0.2, 0.25) is 10.0 Å². The van der Waals surface area contributed by atoms with E-state index in [1.807, 2.05) is 44.2 Å². The van der Waals surface area contributed by atoms with Crippen LogP contribution < -0.4 is 9.46 Å². The highest BCUT2D eigenvalue weighted by atomic mass is 32.2. The molecular weight excluding hydrogens is 334 g/mol. The van der Waals surface area contributed by atoms with E-state index in [1.54, 1.807) is 6.07 Å². The topological polar surface area (TPSA) is 55.4 Å². The first-order valence-corrected chi connectivity index (χ1v) is 10.3. The highest BCUT2D eigenvalue weighted by Crippen LogP contribution is 2.24. The number of hydrogen-bond acceptors (Lipinski definition) is 3. The van der Waals surface area contributed by atoms with Gasteiger partial charge in [-0.3, -0.25) is 0 Å². The third-order valence-electron chi connectivity index (χ3n) is 4.84. The van der Waals surface area contributed by atoms with Crippen molar-refractivity contribution in [2.75, 3.05) is 13.2 Å². The van der Waals surface area contributed by atoms with Crippen LogP contribution in [0.4, 0.5) is 0 Å². The number of ether oxygens (including phenoxy) is 1. The third-order valence-corrected chi connectivity index (χ3v) is 6.30. The van der Waals surface area contributed by atoms with Gasteiger partial charge in [0.1, 0.15) is 12.4 Å². The molecule has 0 aliphatic heterocycles. The first-order valence-electron chi connectivity index (χ1n) is 8.78. The second kappa shape index (κ2) is 7.58. The average Bonchev–Trinajstić information content (AvgIpc) is 2.61. The summed E-state index contributed by atoms with van der Waals surface area (Å²) in [5.74, 6) is 0.799. The van der Waals surface area contributed by atoms with E-state index in [4.69, 9.17) is 4.74 Å². The van der Waals surface area contributed by atoms with Gasteiger partial charge in [-0.25, -0.2) is 13.1 Å². The van der Waals surface area contributed by atoms with Crippen molar-refractivity contribution < 1.29 is 13.2 Å². The Morgan fingerprint density at radius 1 is 1.04 bits per heavy atom. The number of benzene rings is 2. The SMILES string of the molecule is Cc1cccc(OCCNS(=O)(=O)c2ccc3c(c2)CCCC3)c1C. The van der Waals surface area contributed by atoms with Gasteiger partial charge in [0.05, 0.1) is 4.90 Å². The zero-order valence-corrected chi connectivity index (χ0v) is 15.7. The number of rotatable bonds is 6. The Morgan fingerprint density at radius 2 is 1.80 bits per heavy atom. The molecule has 0 atom stereocenters. The van der Waals surface area contributed by atoms with E-state index in [9.17, 15) is 8.42 Å². The van der Waals surface area contributed by atoms with Gasteiger partial charge in [-0.05, 0) is 80.0 Å². The molecule has 5 heteroatoms. The van der Waals surface area contributed by atoms with Crippen LogP contribution in [0.5, 0.6) is 5.75 Å². The van der Waals surface area contributed by atoms with Crippen LogP contribution >= 0.6 is 0 Å². The smallest absolute Gasteiger partial charge is 0.240 e. The maximum Gasteiger partial charge on any atom is 0.240 e. The minimum absolute atomic E-state index is 0.243. The molecule has 3 rings (SSSR count). The standard InChI is InChI=1S/C20H25NO3S/c1-15-6-5-9-20(16(15)2)24-13-12-21-25(22,23)19-11-10-17-7-3-4-8-18(17)14-19/h5-6,9-11,14,21H,3-4,7-8,12-13H2,1-2H3. The molecule has 1 aliphatic carbocycles. The van der Waals surface area contributed by atoms with Crippen LogP contribution in [0.2, 0.25) is 0 Å². The maximum absolute atomic E-state index is 12.5. The summed E-state index contributed by atoms with van der Waals surface area (Å²) in [6.45, 7) is 4.57. The van der Waals surface area contributed by atoms with Gasteiger partial charge in [0.15, 0.2) is 0 Å². The lowest BCUT2D eigenvalue weighted by Gasteiger charge is -2.17. The second-order valence-corrected chi connectivity index (χ2v) is 8.35. The normalized spacial score (nSPS) is 14.2. The van der Waals surface area contributed by atoms with E-state index in [1.165, 1.54) is 17.5 Å². The fraction of sp³-hybridized carbons (Fsp3) is 0.400. The van der Waals surface area contributed by atoms with Gasteiger partial charge in [-0.15, -0.1) is 0 Å². The minimum Gasteiger partial charge on any atom is -0.492 e. The van der Waals surface area contributed by atoms with Crippen molar-refractivity contribution in [3.8, 4) is 5.75 Å². The van der Waals surface area contributed by atoms with Gasteiger partial charge in [-0.1, -0.05) is 18.2 Å². The monoisotopic (exact) mass is 359 g/mol. The number of nitrogens with one attached hydrogen (secondary N) is 1. The minimum atomic E-state index is -3.50. The fourth-order valence-corrected chi connectivity index (χ4v) is 4.24. The Kier molecular flexibility index (Phi) is 5.45. The molecule has 2 aromatic carbocycles. The van der Waals surface area contributed by atoms with E-state index in [-0.39, 0.29) is 6.54 Å². The van der Waals surface area contributed by atoms with Gasteiger partial charge in [-0.2, -0.15) is 0 Å². The number of hydrogen-bond donors (Lipinski definition) is 1. The number of sulfonamides is 1. The highest BCUT2D eigenvalue weighted by Gasteiger charge is 2.17. The molecule has 1 aliphatic rings. The van der Waals surface area contributed by atoms with Crippen LogP contribution in [0, 0.1) is 13.8 Å². The van der Waals surface area contributed by atoms with Gasteiger partial charge < -0.3 is 4.74 Å². The lowest BCUT2D eigenvalue weighted by Crippen LogP contribution is -2.28. The molecule has 0 aromatic heterocycles. The fourth-order valence-electron chi connectivity index (χ4n) is 3.18. The first kappa shape index (κ1) is 18.0. The quantitative estimate of drug-likeness (QED) is 0.803. The average molecular weight is 359 g/mol. The Morgan fingerprint density at radius 3 is 2.60 bits per heavy atom. The Hall–Kier alpha value is -1.85. The predicted octanol–water partition coefficient (Wildman–Crippen LogP) is 3.54. The highest BCUT2D eigenvalue weighted by molar-refractivity contribution is 7.89. The maximum atomic E-state index is 12.5. The molecule has 0 heterocycles. The molecule has 2 aromatic rings. The summed E-state index contributed by atoms with van der Waals surface area (Å²) in [5.41, 5.74) is 4.69. The van der Waals surface area contributed by atoms with Crippen LogP contribution in [-0.2, 0) is 22.9 Å². The van der Waals surface area contributed by atoms with Crippen molar-refractivity contribution in [2.24, 2.45) is 0 Å². The molecule has 0 radical (unpaired) electrons. The van der Waals surface area contributed by atoms with Crippen LogP contribution in [0.25, 0.3) is 0 Å². The third kappa shape index (κ3) is 4.22. The molecule has 4 nitrogen and oxygen atoms in total. The van der Waals surface area contributed by atoms with Crippen molar-refractivity contribution in [3.63, 3.8) is 0 Å². The van der Waals surface area contributed by atoms with E-state index < -0.39 is 10.0 Å². The van der Waals surface area contributed by atoms with Gasteiger partial charge >= 0.3 is 0 Å². The van der Waals surface area contributed by atoms with E-state index in [0.717, 1.165) is 36.1 Å². The van der Waals surface area contributed by atoms with Crippen molar-refractivity contribution in [3.05, 3.63) is 58.7 Å². The molecule has 0 fully saturated rings. The van der Waals surface area contributed by atoms with Crippen LogP contribution in [-0.4, -0.2) is 21.6 Å². The Labute approximate surface area is 150 Å². The number of fused-ring (bicyclic) bond motifs is 1. The van der Waals surface area contributed by atoms with E-state index in [0.29, 0.717) is 11.5 Å². The summed E-state index contributed by atoms with van der Waals surface area (Å²) in [4.78, 5) is 0.347. The molecule has 0 saturated heterocycles. The Bertz CT molecular complexity index is 859. The van der Waals surface area contributed by atoms with Crippen molar-refractivity contribution in [1.29, 1.82) is 0 Å². The molecule has 0 spiro atoms. The van der Waals surface area contributed by atoms with E-state index in [2.05, 4.69) is 4.72 Å². The summed E-state index contributed by atoms with van der Waals surface area (Å²) in [6.07, 6.45) is 4.34. The summed E-state index contributed by atoms with van der Waals surface area (Å²) in [5, 5.41) is 0. The van der Waals surface area contributed by atoms with Crippen LogP contribution in [0.3, 0.4) is 0 Å². The molecule has 25 heavy (non-hydrogen) atoms. The van der Waals surface area contributed by atoms with Gasteiger partial charge in [0, 0.05) is 6.54 Å². The zero-order chi connectivity index (χ0) is 17.9. The summed E-state index contributed by atoms with van der Waals surface area (Å²) >= 11 is 0. The summed E-state index contributed by atoms with van der Waals surface area (Å²) in [6, 6.07) is 11.4. The predicted molar refractivity (Wildman–Crippen MR) is 99.7 cm³/mol. The van der Waals surface area contributed by atoms with Crippen molar-refractivity contribution in [1.82, 2.24) is 4.72 Å². The van der Waals surface area contributed by atoms with Gasteiger partial charge in [0.25, 0.3) is 0 Å². The lowest BCUT2D eigenvalue weighted by atomic mass is 9.92. The lowest BCUT2D eigenvalue weighted by molar-refractivity contribution is 0.320. The zero-order valence-electron chi connectivity index (χ0n) is 14.8. The largest absolute Gasteiger partial charge is 0.492 e. The molecule has 0 amide bonds. The molecule has 134 valence electrons. The molecule has 0 saturated carbocycles. The molecule has 1 N–H and O–H groups in total. The van der Waals surface area contributed by atoms with Crippen LogP contribution in [0.15, 0.2) is 41.3 Å². The first-order chi connectivity index (χ1) is 12.0. The molecule has 0 unspecified atom stereocenters. The summed E-state index contributed by atoms with van der Waals surface area (Å²) in [7, 11) is -3.50. The summed E-state index contributed by atoms with van der Waals surface area (Å²) < 4.78 is 33.3.